The summed E-state index contributed by atoms with van der Waals surface area (Å²) in [6, 6.07) is 11.4. The van der Waals surface area contributed by atoms with Gasteiger partial charge >= 0.3 is 0 Å². The molecule has 1 saturated heterocycles. The molecule has 1 N–H and O–H groups in total. The lowest BCUT2D eigenvalue weighted by Crippen LogP contribution is -2.29. The number of ether oxygens (including phenoxy) is 1. The van der Waals surface area contributed by atoms with E-state index in [0.29, 0.717) is 19.7 Å². The van der Waals surface area contributed by atoms with Gasteiger partial charge < -0.3 is 10.1 Å². The van der Waals surface area contributed by atoms with Crippen molar-refractivity contribution in [2.45, 2.75) is 37.6 Å². The molecule has 0 saturated carbocycles. The number of nitrogens with zero attached hydrogens (tertiary/aromatic N) is 1. The van der Waals surface area contributed by atoms with E-state index in [1.807, 2.05) is 38.1 Å². The molecule has 1 heterocycles. The van der Waals surface area contributed by atoms with Gasteiger partial charge in [-0.2, -0.15) is 4.31 Å². The van der Waals surface area contributed by atoms with E-state index < -0.39 is 15.9 Å². The van der Waals surface area contributed by atoms with Gasteiger partial charge in [0.25, 0.3) is 5.91 Å². The second-order valence-electron chi connectivity index (χ2n) is 6.95. The van der Waals surface area contributed by atoms with E-state index in [1.165, 1.54) is 22.5 Å². The molecule has 0 spiro atoms. The van der Waals surface area contributed by atoms with Crippen LogP contribution < -0.4 is 10.1 Å². The molecule has 29 heavy (non-hydrogen) atoms. The number of sulfonamides is 1. The minimum Gasteiger partial charge on any atom is -0.494 e. The molecule has 1 aliphatic rings. The van der Waals surface area contributed by atoms with Crippen LogP contribution in [0.15, 0.2) is 47.4 Å². The zero-order valence-electron chi connectivity index (χ0n) is 16.5. The van der Waals surface area contributed by atoms with Crippen LogP contribution in [-0.2, 0) is 10.0 Å². The molecule has 1 amide bonds. The topological polar surface area (TPSA) is 75.7 Å². The number of hydrogen-bond acceptors (Lipinski definition) is 4. The van der Waals surface area contributed by atoms with Crippen LogP contribution in [0.3, 0.4) is 0 Å². The molecule has 0 radical (unpaired) electrons. The fraction of sp³-hybridized carbons (Fsp3) is 0.381. The molecular formula is C21H25ClN2O4S. The van der Waals surface area contributed by atoms with Crippen molar-refractivity contribution in [2.75, 3.05) is 19.7 Å². The lowest BCUT2D eigenvalue weighted by molar-refractivity contribution is 0.0940. The molecule has 0 aliphatic carbocycles. The monoisotopic (exact) mass is 436 g/mol. The molecule has 2 aromatic carbocycles. The van der Waals surface area contributed by atoms with Crippen molar-refractivity contribution in [1.82, 2.24) is 9.62 Å². The first-order valence-corrected chi connectivity index (χ1v) is 11.5. The second-order valence-corrected chi connectivity index (χ2v) is 9.30. The zero-order chi connectivity index (χ0) is 21.0. The number of halogens is 1. The average molecular weight is 437 g/mol. The van der Waals surface area contributed by atoms with Gasteiger partial charge in [-0.1, -0.05) is 23.7 Å². The molecule has 1 atom stereocenters. The third kappa shape index (κ3) is 4.91. The van der Waals surface area contributed by atoms with Crippen molar-refractivity contribution in [1.29, 1.82) is 0 Å². The first kappa shape index (κ1) is 21.6. The van der Waals surface area contributed by atoms with Gasteiger partial charge in [0, 0.05) is 13.1 Å². The van der Waals surface area contributed by atoms with Crippen LogP contribution in [0.4, 0.5) is 0 Å². The number of amides is 1. The Balaban J connectivity index is 1.78. The van der Waals surface area contributed by atoms with Crippen molar-refractivity contribution >= 4 is 27.5 Å². The molecule has 6 nitrogen and oxygen atoms in total. The van der Waals surface area contributed by atoms with Gasteiger partial charge in [0.2, 0.25) is 10.0 Å². The quantitative estimate of drug-likeness (QED) is 0.711. The van der Waals surface area contributed by atoms with Crippen molar-refractivity contribution in [3.8, 4) is 5.75 Å². The van der Waals surface area contributed by atoms with Crippen molar-refractivity contribution in [3.05, 3.63) is 58.6 Å². The standard InChI is InChI=1S/C21H25ClN2O4S/c1-3-28-17-8-6-16(7-9-17)15(2)23-21(25)19-14-18(10-11-20(19)22)29(26,27)24-12-4-5-13-24/h6-11,14-15H,3-5,12-13H2,1-2H3,(H,23,25)/t15-/m0/s1. The highest BCUT2D eigenvalue weighted by molar-refractivity contribution is 7.89. The summed E-state index contributed by atoms with van der Waals surface area (Å²) in [4.78, 5) is 12.9. The summed E-state index contributed by atoms with van der Waals surface area (Å²) in [7, 11) is -3.62. The highest BCUT2D eigenvalue weighted by Crippen LogP contribution is 2.26. The van der Waals surface area contributed by atoms with Gasteiger partial charge in [-0.15, -0.1) is 0 Å². The van der Waals surface area contributed by atoms with Crippen LogP contribution in [0.25, 0.3) is 0 Å². The molecular weight excluding hydrogens is 412 g/mol. The van der Waals surface area contributed by atoms with Crippen molar-refractivity contribution in [2.24, 2.45) is 0 Å². The van der Waals surface area contributed by atoms with E-state index in [-0.39, 0.29) is 21.5 Å². The van der Waals surface area contributed by atoms with Crippen LogP contribution >= 0.6 is 11.6 Å². The van der Waals surface area contributed by atoms with Gasteiger partial charge in [-0.05, 0) is 62.6 Å². The van der Waals surface area contributed by atoms with Gasteiger partial charge in [0.1, 0.15) is 5.75 Å². The molecule has 1 fully saturated rings. The zero-order valence-corrected chi connectivity index (χ0v) is 18.1. The SMILES string of the molecule is CCOc1ccc([C@H](C)NC(=O)c2cc(S(=O)(=O)N3CCCC3)ccc2Cl)cc1. The number of nitrogens with one attached hydrogen (secondary N) is 1. The van der Waals surface area contributed by atoms with Crippen LogP contribution in [0.1, 0.15) is 48.7 Å². The number of carbonyl (C=O) groups is 1. The third-order valence-corrected chi connectivity index (χ3v) is 7.15. The van der Waals surface area contributed by atoms with Crippen LogP contribution in [0.2, 0.25) is 5.02 Å². The van der Waals surface area contributed by atoms with E-state index in [1.54, 1.807) is 0 Å². The Bertz CT molecular complexity index is 971. The van der Waals surface area contributed by atoms with E-state index in [2.05, 4.69) is 5.32 Å². The minimum absolute atomic E-state index is 0.0858. The molecule has 3 rings (SSSR count). The number of hydrogen-bond donors (Lipinski definition) is 1. The summed E-state index contributed by atoms with van der Waals surface area (Å²) in [6.45, 7) is 5.36. The Morgan fingerprint density at radius 3 is 2.45 bits per heavy atom. The first-order chi connectivity index (χ1) is 13.8. The summed E-state index contributed by atoms with van der Waals surface area (Å²) < 4.78 is 32.5. The predicted molar refractivity (Wildman–Crippen MR) is 113 cm³/mol. The number of rotatable bonds is 7. The van der Waals surface area contributed by atoms with Crippen molar-refractivity contribution < 1.29 is 17.9 Å². The van der Waals surface area contributed by atoms with Crippen LogP contribution in [0.5, 0.6) is 5.75 Å². The minimum atomic E-state index is -3.62. The van der Waals surface area contributed by atoms with Crippen LogP contribution in [-0.4, -0.2) is 38.3 Å². The fourth-order valence-electron chi connectivity index (χ4n) is 3.29. The average Bonchev–Trinajstić information content (AvgIpc) is 3.24. The summed E-state index contributed by atoms with van der Waals surface area (Å²) in [5.41, 5.74) is 1.04. The van der Waals surface area contributed by atoms with E-state index >= 15 is 0 Å². The normalized spacial score (nSPS) is 15.8. The largest absolute Gasteiger partial charge is 0.494 e. The molecule has 2 aromatic rings. The molecule has 1 aliphatic heterocycles. The summed E-state index contributed by atoms with van der Waals surface area (Å²) in [5, 5.41) is 3.09. The second kappa shape index (κ2) is 9.15. The fourth-order valence-corrected chi connectivity index (χ4v) is 5.04. The molecule has 0 aromatic heterocycles. The lowest BCUT2D eigenvalue weighted by Gasteiger charge is -2.18. The maximum atomic E-state index is 12.8. The Morgan fingerprint density at radius 1 is 1.17 bits per heavy atom. The third-order valence-electron chi connectivity index (χ3n) is 4.92. The molecule has 8 heteroatoms. The summed E-state index contributed by atoms with van der Waals surface area (Å²) in [6.07, 6.45) is 1.69. The van der Waals surface area contributed by atoms with E-state index in [4.69, 9.17) is 16.3 Å². The number of benzene rings is 2. The lowest BCUT2D eigenvalue weighted by atomic mass is 10.1. The van der Waals surface area contributed by atoms with Crippen LogP contribution in [0, 0.1) is 0 Å². The summed E-state index contributed by atoms with van der Waals surface area (Å²) >= 11 is 6.20. The molecule has 0 unspecified atom stereocenters. The van der Waals surface area contributed by atoms with Gasteiger partial charge in [-0.25, -0.2) is 8.42 Å². The van der Waals surface area contributed by atoms with Gasteiger partial charge in [-0.3, -0.25) is 4.79 Å². The first-order valence-electron chi connectivity index (χ1n) is 9.66. The Kier molecular flexibility index (Phi) is 6.82. The molecule has 0 bridgehead atoms. The Hall–Kier alpha value is -2.09. The maximum Gasteiger partial charge on any atom is 0.253 e. The van der Waals surface area contributed by atoms with E-state index in [0.717, 1.165) is 24.2 Å². The van der Waals surface area contributed by atoms with Crippen molar-refractivity contribution in [3.63, 3.8) is 0 Å². The highest BCUT2D eigenvalue weighted by atomic mass is 35.5. The Morgan fingerprint density at radius 2 is 1.83 bits per heavy atom. The maximum absolute atomic E-state index is 12.8. The highest BCUT2D eigenvalue weighted by Gasteiger charge is 2.28. The predicted octanol–water partition coefficient (Wildman–Crippen LogP) is 4.01. The van der Waals surface area contributed by atoms with Gasteiger partial charge in [0.15, 0.2) is 0 Å². The number of carbonyl (C=O) groups excluding carboxylic acids is 1. The summed E-state index contributed by atoms with van der Waals surface area (Å²) in [5.74, 6) is 0.340. The smallest absolute Gasteiger partial charge is 0.253 e. The molecule has 156 valence electrons. The van der Waals surface area contributed by atoms with Gasteiger partial charge in [0.05, 0.1) is 28.1 Å². The van der Waals surface area contributed by atoms with E-state index in [9.17, 15) is 13.2 Å². The Labute approximate surface area is 176 Å².